The predicted octanol–water partition coefficient (Wildman–Crippen LogP) is 7.60. The van der Waals surface area contributed by atoms with E-state index in [-0.39, 0.29) is 0 Å². The summed E-state index contributed by atoms with van der Waals surface area (Å²) in [4.78, 5) is 18.6. The van der Waals surface area contributed by atoms with Gasteiger partial charge in [0.25, 0.3) is 0 Å². The fourth-order valence-corrected chi connectivity index (χ4v) is 6.93. The van der Waals surface area contributed by atoms with Crippen molar-refractivity contribution >= 4 is 11.6 Å². The van der Waals surface area contributed by atoms with Gasteiger partial charge in [0, 0.05) is 31.9 Å². The number of fused-ring (bicyclic) bond motifs is 3. The monoisotopic (exact) mass is 597 g/mol. The molecule has 0 spiro atoms. The van der Waals surface area contributed by atoms with E-state index in [4.69, 9.17) is 0 Å². The first-order chi connectivity index (χ1) is 21.2. The molecule has 1 amide bonds. The lowest BCUT2D eigenvalue weighted by Gasteiger charge is -2.36. The molecule has 0 atom stereocenters. The minimum atomic E-state index is -4.47. The van der Waals surface area contributed by atoms with E-state index in [0.717, 1.165) is 67.8 Å². The van der Waals surface area contributed by atoms with Gasteiger partial charge in [0.2, 0.25) is 5.91 Å². The fraction of sp³-hybridized carbons (Fsp3) is 0.324. The maximum atomic E-state index is 13.7. The third kappa shape index (κ3) is 6.11. The maximum Gasteiger partial charge on any atom is 0.405 e. The molecule has 44 heavy (non-hydrogen) atoms. The number of hydrogen-bond donors (Lipinski definition) is 1. The van der Waals surface area contributed by atoms with Crippen LogP contribution >= 0.6 is 0 Å². The molecule has 1 aliphatic heterocycles. The van der Waals surface area contributed by atoms with Gasteiger partial charge in [0.15, 0.2) is 0 Å². The van der Waals surface area contributed by atoms with Gasteiger partial charge in [-0.2, -0.15) is 13.2 Å². The highest BCUT2D eigenvalue weighted by Gasteiger charge is 2.49. The van der Waals surface area contributed by atoms with Crippen LogP contribution < -0.4 is 10.2 Å². The Morgan fingerprint density at radius 2 is 1.41 bits per heavy atom. The van der Waals surface area contributed by atoms with Crippen LogP contribution in [-0.4, -0.2) is 56.3 Å². The van der Waals surface area contributed by atoms with Crippen molar-refractivity contribution in [2.24, 2.45) is 0 Å². The van der Waals surface area contributed by atoms with Crippen LogP contribution in [0, 0.1) is 6.92 Å². The molecule has 0 radical (unpaired) electrons. The van der Waals surface area contributed by atoms with Crippen molar-refractivity contribution in [1.29, 1.82) is 0 Å². The topological polar surface area (TPSA) is 35.6 Å². The van der Waals surface area contributed by atoms with Crippen molar-refractivity contribution < 1.29 is 18.0 Å². The number of piperazine rings is 1. The van der Waals surface area contributed by atoms with Crippen LogP contribution in [0.2, 0.25) is 0 Å². The highest BCUT2D eigenvalue weighted by molar-refractivity contribution is 6.00. The second kappa shape index (κ2) is 12.5. The number of amides is 1. The number of anilines is 1. The van der Waals surface area contributed by atoms with Crippen molar-refractivity contribution in [3.05, 3.63) is 114 Å². The summed E-state index contributed by atoms with van der Waals surface area (Å²) < 4.78 is 39.4. The van der Waals surface area contributed by atoms with Gasteiger partial charge < -0.3 is 10.2 Å². The first-order valence-electron chi connectivity index (χ1n) is 15.4. The highest BCUT2D eigenvalue weighted by Crippen LogP contribution is 2.51. The van der Waals surface area contributed by atoms with Gasteiger partial charge in [-0.05, 0) is 71.8 Å². The van der Waals surface area contributed by atoms with E-state index >= 15 is 0 Å². The van der Waals surface area contributed by atoms with E-state index in [1.54, 1.807) is 0 Å². The molecule has 0 saturated carbocycles. The number of rotatable bonds is 9. The average Bonchev–Trinajstić information content (AvgIpc) is 3.33. The molecule has 2 aliphatic rings. The fourth-order valence-electron chi connectivity index (χ4n) is 6.93. The molecule has 4 nitrogen and oxygen atoms in total. The molecule has 6 rings (SSSR count). The Bertz CT molecular complexity index is 1560. The van der Waals surface area contributed by atoms with Gasteiger partial charge in [-0.15, -0.1) is 0 Å². The molecule has 1 aliphatic carbocycles. The Labute approximate surface area is 257 Å². The molecule has 1 heterocycles. The first-order valence-corrected chi connectivity index (χ1v) is 15.4. The van der Waals surface area contributed by atoms with Crippen molar-refractivity contribution in [2.45, 2.75) is 37.8 Å². The minimum Gasteiger partial charge on any atom is -0.369 e. The second-order valence-corrected chi connectivity index (χ2v) is 12.0. The summed E-state index contributed by atoms with van der Waals surface area (Å²) in [5.41, 5.74) is 7.22. The highest BCUT2D eigenvalue weighted by atomic mass is 19.4. The molecule has 0 aromatic heterocycles. The van der Waals surface area contributed by atoms with Crippen LogP contribution in [0.3, 0.4) is 0 Å². The summed E-state index contributed by atoms with van der Waals surface area (Å²) in [6.07, 6.45) is -2.43. The number of aryl methyl sites for hydroxylation is 1. The van der Waals surface area contributed by atoms with E-state index in [1.807, 2.05) is 48.5 Å². The van der Waals surface area contributed by atoms with Crippen molar-refractivity contribution in [3.8, 4) is 22.3 Å². The number of nitrogens with one attached hydrogen (secondary N) is 1. The lowest BCUT2D eigenvalue weighted by atomic mass is 9.73. The summed E-state index contributed by atoms with van der Waals surface area (Å²) in [5, 5.41) is 2.23. The lowest BCUT2D eigenvalue weighted by molar-refractivity contribution is -0.141. The van der Waals surface area contributed by atoms with Gasteiger partial charge in [-0.3, -0.25) is 9.69 Å². The summed E-state index contributed by atoms with van der Waals surface area (Å²) >= 11 is 0. The van der Waals surface area contributed by atoms with E-state index in [9.17, 15) is 18.0 Å². The van der Waals surface area contributed by atoms with Crippen LogP contribution in [0.15, 0.2) is 97.1 Å². The molecule has 7 heteroatoms. The molecular formula is C37H38F3N3O. The summed E-state index contributed by atoms with van der Waals surface area (Å²) in [6.45, 7) is 5.44. The van der Waals surface area contributed by atoms with Crippen molar-refractivity contribution in [3.63, 3.8) is 0 Å². The lowest BCUT2D eigenvalue weighted by Crippen LogP contribution is -2.47. The third-order valence-electron chi connectivity index (χ3n) is 9.13. The predicted molar refractivity (Wildman–Crippen MR) is 171 cm³/mol. The van der Waals surface area contributed by atoms with Crippen LogP contribution in [0.25, 0.3) is 22.3 Å². The van der Waals surface area contributed by atoms with Crippen molar-refractivity contribution in [1.82, 2.24) is 10.2 Å². The number of halogens is 3. The van der Waals surface area contributed by atoms with Crippen LogP contribution in [-0.2, 0) is 10.2 Å². The van der Waals surface area contributed by atoms with Gasteiger partial charge >= 0.3 is 6.18 Å². The first kappa shape index (κ1) is 29.9. The Hall–Kier alpha value is -4.10. The number of carbonyl (C=O) groups excluding carboxylic acids is 1. The zero-order chi connectivity index (χ0) is 30.7. The third-order valence-corrected chi connectivity index (χ3v) is 9.13. The quantitative estimate of drug-likeness (QED) is 0.202. The summed E-state index contributed by atoms with van der Waals surface area (Å²) in [5.74, 6) is -0.575. The number of hydrogen-bond acceptors (Lipinski definition) is 3. The Morgan fingerprint density at radius 3 is 2.02 bits per heavy atom. The number of nitrogens with zero attached hydrogens (tertiary/aromatic N) is 2. The van der Waals surface area contributed by atoms with Crippen LogP contribution in [0.1, 0.15) is 36.0 Å². The smallest absolute Gasteiger partial charge is 0.369 e. The largest absolute Gasteiger partial charge is 0.405 e. The standard InChI is InChI=1S/C37H38F3N3O/c1-27-9-8-10-29(25-27)28-15-17-30(18-16-28)43-23-21-42(22-24-43)20-7-6-19-36(35(44)41-26-37(38,39)40)33-13-4-2-11-31(33)32-12-3-5-14-34(32)36/h2-5,8-18,25H,6-7,19-24,26H2,1H3,(H,41,44). The van der Waals surface area contributed by atoms with Gasteiger partial charge in [0.1, 0.15) is 12.0 Å². The average molecular weight is 598 g/mol. The molecule has 4 aromatic rings. The normalized spacial score (nSPS) is 16.0. The minimum absolute atomic E-state index is 0.456. The number of alkyl halides is 3. The Kier molecular flexibility index (Phi) is 8.50. The molecule has 4 aromatic carbocycles. The number of carbonyl (C=O) groups is 1. The maximum absolute atomic E-state index is 13.7. The molecule has 1 fully saturated rings. The zero-order valence-electron chi connectivity index (χ0n) is 25.0. The Balaban J connectivity index is 1.08. The molecule has 1 N–H and O–H groups in total. The molecule has 0 bridgehead atoms. The van der Waals surface area contributed by atoms with Gasteiger partial charge in [-0.1, -0.05) is 96.9 Å². The van der Waals surface area contributed by atoms with E-state index in [1.165, 1.54) is 22.4 Å². The summed E-state index contributed by atoms with van der Waals surface area (Å²) in [6, 6.07) is 32.6. The number of benzene rings is 4. The van der Waals surface area contributed by atoms with Gasteiger partial charge in [-0.25, -0.2) is 0 Å². The SMILES string of the molecule is Cc1cccc(-c2ccc(N3CCN(CCCCC4(C(=O)NCC(F)(F)F)c5ccccc5-c5ccccc54)CC3)cc2)c1. The molecule has 228 valence electrons. The molecule has 1 saturated heterocycles. The Morgan fingerprint density at radius 1 is 0.773 bits per heavy atom. The van der Waals surface area contributed by atoms with Crippen LogP contribution in [0.4, 0.5) is 18.9 Å². The second-order valence-electron chi connectivity index (χ2n) is 12.0. The van der Waals surface area contributed by atoms with E-state index in [2.05, 4.69) is 70.6 Å². The van der Waals surface area contributed by atoms with Gasteiger partial charge in [0.05, 0.1) is 0 Å². The van der Waals surface area contributed by atoms with Crippen molar-refractivity contribution in [2.75, 3.05) is 44.2 Å². The van der Waals surface area contributed by atoms with E-state index < -0.39 is 24.0 Å². The molecule has 0 unspecified atom stereocenters. The zero-order valence-corrected chi connectivity index (χ0v) is 25.0. The molecular weight excluding hydrogens is 559 g/mol. The van der Waals surface area contributed by atoms with E-state index in [0.29, 0.717) is 6.42 Å². The van der Waals surface area contributed by atoms with Crippen LogP contribution in [0.5, 0.6) is 0 Å². The number of unbranched alkanes of at least 4 members (excludes halogenated alkanes) is 1. The summed E-state index contributed by atoms with van der Waals surface area (Å²) in [7, 11) is 0.